The van der Waals surface area contributed by atoms with E-state index >= 15 is 0 Å². The second-order valence-electron chi connectivity index (χ2n) is 9.03. The molecule has 0 fully saturated rings. The number of fused-ring (bicyclic) bond motifs is 1. The summed E-state index contributed by atoms with van der Waals surface area (Å²) in [4.78, 5) is 55.8. The van der Waals surface area contributed by atoms with Crippen molar-refractivity contribution >= 4 is 28.2 Å². The van der Waals surface area contributed by atoms with Crippen LogP contribution in [0.3, 0.4) is 0 Å². The van der Waals surface area contributed by atoms with Gasteiger partial charge >= 0.3 is 5.69 Å². The Morgan fingerprint density at radius 1 is 1.03 bits per heavy atom. The number of hydrogen-bond acceptors (Lipinski definition) is 6. The molecule has 0 atom stereocenters. The van der Waals surface area contributed by atoms with Gasteiger partial charge in [-0.05, 0) is 24.0 Å². The van der Waals surface area contributed by atoms with Crippen LogP contribution >= 0.6 is 0 Å². The highest BCUT2D eigenvalue weighted by Crippen LogP contribution is 2.23. The van der Waals surface area contributed by atoms with Crippen molar-refractivity contribution in [2.24, 2.45) is 13.0 Å². The van der Waals surface area contributed by atoms with Crippen LogP contribution in [0.4, 0.5) is 11.5 Å². The zero-order valence-electron chi connectivity index (χ0n) is 20.4. The molecule has 0 radical (unpaired) electrons. The summed E-state index contributed by atoms with van der Waals surface area (Å²) in [5.41, 5.74) is 5.29. The van der Waals surface area contributed by atoms with Crippen molar-refractivity contribution in [3.63, 3.8) is 0 Å². The maximum absolute atomic E-state index is 13.9. The third-order valence-corrected chi connectivity index (χ3v) is 6.00. The van der Waals surface area contributed by atoms with Gasteiger partial charge < -0.3 is 5.73 Å². The van der Waals surface area contributed by atoms with E-state index in [2.05, 4.69) is 10.1 Å². The molecule has 3 N–H and O–H groups in total. The summed E-state index contributed by atoms with van der Waals surface area (Å²) in [5, 5.41) is 4.93. The molecule has 36 heavy (non-hydrogen) atoms. The Bertz CT molecular complexity index is 1600. The second-order valence-corrected chi connectivity index (χ2v) is 9.03. The number of hydrogen-bond donors (Lipinski definition) is 2. The van der Waals surface area contributed by atoms with Gasteiger partial charge in [0.15, 0.2) is 11.4 Å². The first-order valence-corrected chi connectivity index (χ1v) is 11.6. The van der Waals surface area contributed by atoms with E-state index in [0.29, 0.717) is 17.2 Å². The number of aromatic nitrogens is 4. The van der Waals surface area contributed by atoms with Gasteiger partial charge in [-0.2, -0.15) is 5.10 Å². The van der Waals surface area contributed by atoms with Crippen LogP contribution < -0.4 is 27.4 Å². The van der Waals surface area contributed by atoms with Gasteiger partial charge in [-0.25, -0.2) is 9.48 Å². The smallest absolute Gasteiger partial charge is 0.330 e. The largest absolute Gasteiger partial charge is 0.383 e. The lowest BCUT2D eigenvalue weighted by molar-refractivity contribution is 0.0980. The van der Waals surface area contributed by atoms with Gasteiger partial charge in [-0.3, -0.25) is 28.8 Å². The highest BCUT2D eigenvalue weighted by Gasteiger charge is 2.28. The second kappa shape index (κ2) is 10.0. The average Bonchev–Trinajstić information content (AvgIpc) is 2.86. The van der Waals surface area contributed by atoms with Crippen LogP contribution in [0.1, 0.15) is 36.3 Å². The minimum Gasteiger partial charge on any atom is -0.383 e. The molecular formula is C26H28N6O4. The zero-order chi connectivity index (χ0) is 26.0. The fraction of sp³-hybridized carbons (Fsp3) is 0.269. The number of nitrogens with zero attached hydrogens (tertiary/aromatic N) is 4. The van der Waals surface area contributed by atoms with E-state index in [1.54, 1.807) is 24.3 Å². The molecule has 4 aromatic rings. The van der Waals surface area contributed by atoms with Crippen LogP contribution in [-0.2, 0) is 13.6 Å². The molecule has 4 rings (SSSR count). The molecule has 0 aliphatic heterocycles. The first-order chi connectivity index (χ1) is 17.2. The lowest BCUT2D eigenvalue weighted by Crippen LogP contribution is -2.42. The number of carbonyl (C=O) groups is 1. The Morgan fingerprint density at radius 3 is 2.33 bits per heavy atom. The van der Waals surface area contributed by atoms with Gasteiger partial charge in [0, 0.05) is 19.0 Å². The fourth-order valence-corrected chi connectivity index (χ4v) is 4.05. The minimum atomic E-state index is -0.770. The molecule has 0 saturated carbocycles. The Balaban J connectivity index is 1.90. The number of aryl methyl sites for hydroxylation is 1. The lowest BCUT2D eigenvalue weighted by atomic mass is 10.1. The van der Waals surface area contributed by atoms with Gasteiger partial charge in [-0.1, -0.05) is 62.4 Å². The number of nitrogen functional groups attached to an aromatic ring is 1. The van der Waals surface area contributed by atoms with Crippen LogP contribution in [0.25, 0.3) is 10.8 Å². The van der Waals surface area contributed by atoms with E-state index < -0.39 is 17.2 Å². The average molecular weight is 489 g/mol. The number of H-pyrrole nitrogens is 1. The number of nitrogens with one attached hydrogen (secondary N) is 1. The molecule has 0 bridgehead atoms. The summed E-state index contributed by atoms with van der Waals surface area (Å²) in [7, 11) is 1.46. The number of nitrogens with two attached hydrogens (primary N) is 1. The topological polar surface area (TPSA) is 136 Å². The molecule has 2 aromatic heterocycles. The highest BCUT2D eigenvalue weighted by atomic mass is 16.2. The van der Waals surface area contributed by atoms with E-state index in [4.69, 9.17) is 5.73 Å². The molecule has 10 nitrogen and oxygen atoms in total. The minimum absolute atomic E-state index is 0.0102. The highest BCUT2D eigenvalue weighted by molar-refractivity contribution is 6.13. The molecule has 2 aromatic carbocycles. The van der Waals surface area contributed by atoms with Crippen LogP contribution in [0.2, 0.25) is 0 Å². The molecule has 0 unspecified atom stereocenters. The number of benzene rings is 2. The van der Waals surface area contributed by atoms with Crippen LogP contribution in [0.5, 0.6) is 0 Å². The van der Waals surface area contributed by atoms with Gasteiger partial charge in [0.2, 0.25) is 0 Å². The molecule has 0 saturated heterocycles. The fourth-order valence-electron chi connectivity index (χ4n) is 4.05. The number of rotatable bonds is 7. The first-order valence-electron chi connectivity index (χ1n) is 11.6. The number of aromatic amines is 1. The van der Waals surface area contributed by atoms with Crippen LogP contribution in [-0.4, -0.2) is 31.8 Å². The molecule has 10 heteroatoms. The van der Waals surface area contributed by atoms with Crippen molar-refractivity contribution in [3.05, 3.63) is 97.0 Å². The summed E-state index contributed by atoms with van der Waals surface area (Å²) in [6.07, 6.45) is 0.562. The molecule has 0 aliphatic rings. The van der Waals surface area contributed by atoms with Gasteiger partial charge in [0.1, 0.15) is 5.82 Å². The SMILES string of the molecule is CC(C)CCN(C(=O)c1nn(C)c(=O)c2ccccc12)c1c(N)n(Cc2ccccc2)c(=O)[nH]c1=O. The summed E-state index contributed by atoms with van der Waals surface area (Å²) < 4.78 is 2.33. The molecule has 186 valence electrons. The van der Waals surface area contributed by atoms with E-state index in [9.17, 15) is 19.2 Å². The standard InChI is InChI=1S/C26H28N6O4/c1-16(2)13-14-31(25(35)20-18-11-7-8-12-19(18)24(34)30(3)29-20)21-22(27)32(26(36)28-23(21)33)15-17-9-5-4-6-10-17/h4-12,16H,13-15,27H2,1-3H3,(H,28,33,36). The third-order valence-electron chi connectivity index (χ3n) is 6.00. The Kier molecular flexibility index (Phi) is 6.86. The van der Waals surface area contributed by atoms with Crippen molar-refractivity contribution in [2.75, 3.05) is 17.2 Å². The van der Waals surface area contributed by atoms with Crippen LogP contribution in [0, 0.1) is 5.92 Å². The van der Waals surface area contributed by atoms with E-state index in [0.717, 1.165) is 10.2 Å². The van der Waals surface area contributed by atoms with Crippen LogP contribution in [0.15, 0.2) is 69.0 Å². The maximum Gasteiger partial charge on any atom is 0.330 e. The molecular weight excluding hydrogens is 460 g/mol. The predicted molar refractivity (Wildman–Crippen MR) is 139 cm³/mol. The first kappa shape index (κ1) is 24.6. The van der Waals surface area contributed by atoms with Gasteiger partial charge in [-0.15, -0.1) is 0 Å². The summed E-state index contributed by atoms with van der Waals surface area (Å²) in [6.45, 7) is 4.26. The lowest BCUT2D eigenvalue weighted by Gasteiger charge is -2.25. The van der Waals surface area contributed by atoms with Crippen molar-refractivity contribution in [2.45, 2.75) is 26.8 Å². The summed E-state index contributed by atoms with van der Waals surface area (Å²) >= 11 is 0. The monoisotopic (exact) mass is 488 g/mol. The molecule has 1 amide bonds. The Hall–Kier alpha value is -4.47. The zero-order valence-corrected chi connectivity index (χ0v) is 20.4. The van der Waals surface area contributed by atoms with Crippen molar-refractivity contribution in [1.82, 2.24) is 19.3 Å². The molecule has 0 aliphatic carbocycles. The maximum atomic E-state index is 13.9. The van der Waals surface area contributed by atoms with Gasteiger partial charge in [0.25, 0.3) is 17.0 Å². The van der Waals surface area contributed by atoms with E-state index in [1.165, 1.54) is 16.5 Å². The number of anilines is 2. The summed E-state index contributed by atoms with van der Waals surface area (Å²) in [6, 6.07) is 15.9. The van der Waals surface area contributed by atoms with E-state index in [-0.39, 0.29) is 41.8 Å². The van der Waals surface area contributed by atoms with Gasteiger partial charge in [0.05, 0.1) is 11.9 Å². The Morgan fingerprint density at radius 2 is 1.67 bits per heavy atom. The molecule has 2 heterocycles. The van der Waals surface area contributed by atoms with E-state index in [1.807, 2.05) is 44.2 Å². The van der Waals surface area contributed by atoms with Crippen molar-refractivity contribution in [3.8, 4) is 0 Å². The third kappa shape index (κ3) is 4.70. The predicted octanol–water partition coefficient (Wildman–Crippen LogP) is 2.11. The quantitative estimate of drug-likeness (QED) is 0.409. The summed E-state index contributed by atoms with van der Waals surface area (Å²) in [5.74, 6) is -0.510. The number of amides is 1. The molecule has 0 spiro atoms. The van der Waals surface area contributed by atoms with Crippen molar-refractivity contribution < 1.29 is 4.79 Å². The normalized spacial score (nSPS) is 11.2. The Labute approximate surface area is 206 Å². The van der Waals surface area contributed by atoms with Crippen molar-refractivity contribution in [1.29, 1.82) is 0 Å². The number of carbonyl (C=O) groups excluding carboxylic acids is 1.